The third-order valence-electron chi connectivity index (χ3n) is 3.91. The van der Waals surface area contributed by atoms with Crippen molar-refractivity contribution in [2.75, 3.05) is 12.9 Å². The van der Waals surface area contributed by atoms with Crippen LogP contribution in [0.3, 0.4) is 0 Å². The maximum absolute atomic E-state index is 14.3. The summed E-state index contributed by atoms with van der Waals surface area (Å²) in [4.78, 5) is 12.1. The van der Waals surface area contributed by atoms with Crippen molar-refractivity contribution in [1.82, 2.24) is 0 Å². The topological polar surface area (TPSA) is 60.4 Å². The van der Waals surface area contributed by atoms with Crippen LogP contribution in [-0.2, 0) is 19.4 Å². The van der Waals surface area contributed by atoms with E-state index in [2.05, 4.69) is 0 Å². The molecule has 1 fully saturated rings. The van der Waals surface area contributed by atoms with Crippen molar-refractivity contribution in [3.05, 3.63) is 70.8 Å². The Balaban J connectivity index is 2.21. The van der Waals surface area contributed by atoms with E-state index in [1.54, 1.807) is 0 Å². The van der Waals surface area contributed by atoms with Crippen LogP contribution < -0.4 is 0 Å². The average Bonchev–Trinajstić information content (AvgIpc) is 2.95. The standard InChI is InChI=1S/C18H14F2O4S/c1-25(22,23)13-5-2-11(3-6-13)17(15-8-9-24-18(15)21)14-7-4-12(19)10-16(14)20/h2-7,10H,8-9H2,1H3/b17-15-. The van der Waals surface area contributed by atoms with Gasteiger partial charge < -0.3 is 4.74 Å². The van der Waals surface area contributed by atoms with Crippen LogP contribution in [0.4, 0.5) is 8.78 Å². The number of halogens is 2. The summed E-state index contributed by atoms with van der Waals surface area (Å²) < 4.78 is 55.7. The molecule has 0 bridgehead atoms. The summed E-state index contributed by atoms with van der Waals surface area (Å²) in [7, 11) is -3.38. The maximum atomic E-state index is 14.3. The largest absolute Gasteiger partial charge is 0.462 e. The second-order valence-corrected chi connectivity index (χ2v) is 7.68. The predicted octanol–water partition coefficient (Wildman–Crippen LogP) is 3.12. The van der Waals surface area contributed by atoms with Crippen LogP contribution in [0, 0.1) is 11.6 Å². The summed E-state index contributed by atoms with van der Waals surface area (Å²) in [5.41, 5.74) is 1.06. The highest BCUT2D eigenvalue weighted by molar-refractivity contribution is 7.90. The lowest BCUT2D eigenvalue weighted by Crippen LogP contribution is -2.04. The highest BCUT2D eigenvalue weighted by Gasteiger charge is 2.26. The number of carbonyl (C=O) groups is 1. The fraction of sp³-hybridized carbons (Fsp3) is 0.167. The van der Waals surface area contributed by atoms with E-state index in [9.17, 15) is 22.0 Å². The van der Waals surface area contributed by atoms with E-state index in [0.29, 0.717) is 12.0 Å². The smallest absolute Gasteiger partial charge is 0.334 e. The number of esters is 1. The number of ether oxygens (including phenoxy) is 1. The van der Waals surface area contributed by atoms with Crippen LogP contribution >= 0.6 is 0 Å². The zero-order valence-electron chi connectivity index (χ0n) is 13.3. The van der Waals surface area contributed by atoms with Gasteiger partial charge in [-0.2, -0.15) is 0 Å². The predicted molar refractivity (Wildman–Crippen MR) is 87.5 cm³/mol. The van der Waals surface area contributed by atoms with Crippen LogP contribution in [0.2, 0.25) is 0 Å². The van der Waals surface area contributed by atoms with Crippen molar-refractivity contribution >= 4 is 21.4 Å². The molecule has 0 spiro atoms. The quantitative estimate of drug-likeness (QED) is 0.620. The van der Waals surface area contributed by atoms with Gasteiger partial charge in [0.2, 0.25) is 0 Å². The monoisotopic (exact) mass is 364 g/mol. The molecule has 0 radical (unpaired) electrons. The molecule has 4 nitrogen and oxygen atoms in total. The molecular formula is C18H14F2O4S. The highest BCUT2D eigenvalue weighted by atomic mass is 32.2. The molecule has 0 aromatic heterocycles. The molecule has 130 valence electrons. The maximum Gasteiger partial charge on any atom is 0.334 e. The van der Waals surface area contributed by atoms with Gasteiger partial charge in [0.05, 0.1) is 11.5 Å². The average molecular weight is 364 g/mol. The minimum Gasteiger partial charge on any atom is -0.462 e. The Hall–Kier alpha value is -2.54. The second kappa shape index (κ2) is 6.40. The van der Waals surface area contributed by atoms with Crippen LogP contribution in [0.1, 0.15) is 17.5 Å². The van der Waals surface area contributed by atoms with E-state index in [0.717, 1.165) is 18.4 Å². The van der Waals surface area contributed by atoms with Gasteiger partial charge in [-0.1, -0.05) is 12.1 Å². The van der Waals surface area contributed by atoms with E-state index >= 15 is 0 Å². The summed E-state index contributed by atoms with van der Waals surface area (Å²) in [6, 6.07) is 8.84. The summed E-state index contributed by atoms with van der Waals surface area (Å²) in [6.45, 7) is 0.182. The van der Waals surface area contributed by atoms with Crippen molar-refractivity contribution in [3.8, 4) is 0 Å². The van der Waals surface area contributed by atoms with E-state index in [-0.39, 0.29) is 28.2 Å². The highest BCUT2D eigenvalue weighted by Crippen LogP contribution is 2.33. The molecule has 0 saturated carbocycles. The molecule has 0 N–H and O–H groups in total. The summed E-state index contributed by atoms with van der Waals surface area (Å²) in [5.74, 6) is -2.10. The van der Waals surface area contributed by atoms with Gasteiger partial charge >= 0.3 is 5.97 Å². The van der Waals surface area contributed by atoms with Gasteiger partial charge in [-0.25, -0.2) is 22.0 Å². The van der Waals surface area contributed by atoms with Gasteiger partial charge in [0.1, 0.15) is 11.6 Å². The fourth-order valence-corrected chi connectivity index (χ4v) is 3.35. The number of hydrogen-bond acceptors (Lipinski definition) is 4. The third kappa shape index (κ3) is 3.46. The van der Waals surface area contributed by atoms with Gasteiger partial charge in [-0.05, 0) is 29.8 Å². The Morgan fingerprint density at radius 1 is 1.08 bits per heavy atom. The molecule has 1 aliphatic heterocycles. The molecule has 2 aromatic carbocycles. The van der Waals surface area contributed by atoms with Crippen molar-refractivity contribution in [3.63, 3.8) is 0 Å². The van der Waals surface area contributed by atoms with Crippen molar-refractivity contribution < 1.29 is 26.7 Å². The van der Waals surface area contributed by atoms with Gasteiger partial charge in [0.15, 0.2) is 9.84 Å². The Morgan fingerprint density at radius 3 is 2.28 bits per heavy atom. The molecule has 7 heteroatoms. The first-order valence-corrected chi connectivity index (χ1v) is 9.32. The third-order valence-corrected chi connectivity index (χ3v) is 5.03. The SMILES string of the molecule is CS(=O)(=O)c1ccc(/C(=C2\CCOC2=O)c2ccc(F)cc2F)cc1. The van der Waals surface area contributed by atoms with E-state index in [4.69, 9.17) is 4.74 Å². The molecular weight excluding hydrogens is 350 g/mol. The molecule has 0 atom stereocenters. The van der Waals surface area contributed by atoms with Gasteiger partial charge in [-0.3, -0.25) is 0 Å². The summed E-state index contributed by atoms with van der Waals surface area (Å²) in [6.07, 6.45) is 1.37. The minimum atomic E-state index is -3.38. The molecule has 25 heavy (non-hydrogen) atoms. The van der Waals surface area contributed by atoms with Crippen molar-refractivity contribution in [2.45, 2.75) is 11.3 Å². The van der Waals surface area contributed by atoms with Crippen molar-refractivity contribution in [1.29, 1.82) is 0 Å². The zero-order chi connectivity index (χ0) is 18.2. The van der Waals surface area contributed by atoms with E-state index in [1.807, 2.05) is 0 Å². The van der Waals surface area contributed by atoms with Gasteiger partial charge in [0, 0.05) is 35.5 Å². The Bertz CT molecular complexity index is 977. The number of rotatable bonds is 3. The molecule has 1 aliphatic rings. The summed E-state index contributed by atoms with van der Waals surface area (Å²) in [5, 5.41) is 0. The number of hydrogen-bond donors (Lipinski definition) is 0. The lowest BCUT2D eigenvalue weighted by molar-refractivity contribution is -0.135. The number of sulfone groups is 1. The second-order valence-electron chi connectivity index (χ2n) is 5.66. The molecule has 1 heterocycles. The number of carbonyl (C=O) groups excluding carboxylic acids is 1. The van der Waals surface area contributed by atoms with Gasteiger partial charge in [-0.15, -0.1) is 0 Å². The molecule has 2 aromatic rings. The van der Waals surface area contributed by atoms with E-state index in [1.165, 1.54) is 30.3 Å². The van der Waals surface area contributed by atoms with Gasteiger partial charge in [0.25, 0.3) is 0 Å². The Labute approximate surface area is 143 Å². The van der Waals surface area contributed by atoms with Crippen molar-refractivity contribution in [2.24, 2.45) is 0 Å². The molecule has 1 saturated heterocycles. The molecule has 0 unspecified atom stereocenters. The number of cyclic esters (lactones) is 1. The summed E-state index contributed by atoms with van der Waals surface area (Å²) >= 11 is 0. The lowest BCUT2D eigenvalue weighted by atomic mass is 9.92. The van der Waals surface area contributed by atoms with E-state index < -0.39 is 27.4 Å². The lowest BCUT2D eigenvalue weighted by Gasteiger charge is -2.12. The number of benzene rings is 2. The molecule has 0 amide bonds. The van der Waals surface area contributed by atoms with Crippen LogP contribution in [-0.4, -0.2) is 27.2 Å². The first kappa shape index (κ1) is 17.3. The van der Waals surface area contributed by atoms with Crippen LogP contribution in [0.25, 0.3) is 5.57 Å². The molecule has 3 rings (SSSR count). The Kier molecular flexibility index (Phi) is 4.43. The van der Waals surface area contributed by atoms with Crippen LogP contribution in [0.5, 0.6) is 0 Å². The fourth-order valence-electron chi connectivity index (χ4n) is 2.72. The minimum absolute atomic E-state index is 0.0577. The molecule has 0 aliphatic carbocycles. The Morgan fingerprint density at radius 2 is 1.76 bits per heavy atom. The first-order valence-electron chi connectivity index (χ1n) is 7.43. The first-order chi connectivity index (χ1) is 11.8. The van der Waals surface area contributed by atoms with Crippen LogP contribution in [0.15, 0.2) is 52.9 Å². The zero-order valence-corrected chi connectivity index (χ0v) is 14.1. The normalized spacial score (nSPS) is 16.7.